The first-order valence-corrected chi connectivity index (χ1v) is 10.3. The van der Waals surface area contributed by atoms with Crippen LogP contribution in [0.25, 0.3) is 0 Å². The van der Waals surface area contributed by atoms with Crippen LogP contribution in [0.4, 0.5) is 0 Å². The Morgan fingerprint density at radius 3 is 2.89 bits per heavy atom. The molecule has 0 unspecified atom stereocenters. The van der Waals surface area contributed by atoms with Crippen molar-refractivity contribution in [2.45, 2.75) is 38.6 Å². The van der Waals surface area contributed by atoms with Crippen molar-refractivity contribution < 1.29 is 13.9 Å². The fourth-order valence-electron chi connectivity index (χ4n) is 3.12. The fraction of sp³-hybridized carbons (Fsp3) is 0.700. The molecule has 0 aliphatic carbocycles. The number of carbonyl (C=O) groups excluding carboxylic acids is 1. The van der Waals surface area contributed by atoms with Gasteiger partial charge in [0.25, 0.3) is 0 Å². The van der Waals surface area contributed by atoms with Gasteiger partial charge in [-0.1, -0.05) is 0 Å². The number of hydrogen-bond acceptors (Lipinski definition) is 5. The van der Waals surface area contributed by atoms with Crippen molar-refractivity contribution in [3.05, 3.63) is 24.2 Å². The zero-order valence-electron chi connectivity index (χ0n) is 17.2. The van der Waals surface area contributed by atoms with E-state index in [2.05, 4.69) is 20.9 Å². The third-order valence-electron chi connectivity index (χ3n) is 4.74. The zero-order chi connectivity index (χ0) is 20.0. The summed E-state index contributed by atoms with van der Waals surface area (Å²) in [6, 6.07) is 4.25. The van der Waals surface area contributed by atoms with Crippen LogP contribution in [0.15, 0.2) is 27.8 Å². The highest BCUT2D eigenvalue weighted by molar-refractivity contribution is 5.80. The van der Waals surface area contributed by atoms with Gasteiger partial charge in [-0.15, -0.1) is 0 Å². The predicted molar refractivity (Wildman–Crippen MR) is 110 cm³/mol. The van der Waals surface area contributed by atoms with E-state index in [4.69, 9.17) is 14.1 Å². The summed E-state index contributed by atoms with van der Waals surface area (Å²) < 4.78 is 10.8. The van der Waals surface area contributed by atoms with Gasteiger partial charge in [0.1, 0.15) is 5.76 Å². The van der Waals surface area contributed by atoms with E-state index in [1.807, 2.05) is 19.1 Å². The van der Waals surface area contributed by atoms with Crippen molar-refractivity contribution in [3.8, 4) is 0 Å². The molecule has 1 aliphatic heterocycles. The Hall–Kier alpha value is -2.06. The number of furan rings is 1. The summed E-state index contributed by atoms with van der Waals surface area (Å²) in [5, 5.41) is 9.65. The number of guanidine groups is 1. The van der Waals surface area contributed by atoms with Crippen LogP contribution in [0.5, 0.6) is 0 Å². The smallest absolute Gasteiger partial charge is 0.233 e. The number of amides is 1. The van der Waals surface area contributed by atoms with Gasteiger partial charge in [0.05, 0.1) is 12.8 Å². The van der Waals surface area contributed by atoms with Crippen molar-refractivity contribution in [1.29, 1.82) is 0 Å². The van der Waals surface area contributed by atoms with Crippen LogP contribution in [-0.2, 0) is 16.0 Å². The molecule has 1 aromatic rings. The first-order chi connectivity index (χ1) is 13.7. The Morgan fingerprint density at radius 1 is 1.39 bits per heavy atom. The molecule has 1 saturated heterocycles. The molecule has 8 nitrogen and oxygen atoms in total. The zero-order valence-corrected chi connectivity index (χ0v) is 17.2. The summed E-state index contributed by atoms with van der Waals surface area (Å²) in [6.45, 7) is 7.27. The highest BCUT2D eigenvalue weighted by Crippen LogP contribution is 2.10. The lowest BCUT2D eigenvalue weighted by molar-refractivity contribution is -0.122. The molecular weight excluding hydrogens is 358 g/mol. The average molecular weight is 394 g/mol. The average Bonchev–Trinajstić information content (AvgIpc) is 3.22. The molecule has 1 aromatic heterocycles. The first kappa shape index (κ1) is 22.2. The number of hydrogen-bond donors (Lipinski definition) is 3. The highest BCUT2D eigenvalue weighted by atomic mass is 16.5. The topological polar surface area (TPSA) is 91.1 Å². The number of aliphatic imine (C=N–C) groups is 1. The standard InChI is InChI=1S/C20H35N5O3/c1-3-27-14-5-10-22-20(23-11-7-18-6-4-15-28-18)24-17-8-12-25(13-9-17)16-19(26)21-2/h4,6,15,17H,3,5,7-14,16H2,1-2H3,(H,21,26)(H2,22,23,24). The van der Waals surface area contributed by atoms with Crippen molar-refractivity contribution >= 4 is 11.9 Å². The summed E-state index contributed by atoms with van der Waals surface area (Å²) >= 11 is 0. The van der Waals surface area contributed by atoms with Crippen molar-refractivity contribution in [1.82, 2.24) is 20.9 Å². The van der Waals surface area contributed by atoms with Gasteiger partial charge >= 0.3 is 0 Å². The SMILES string of the molecule is CCOCCCN=C(NCCc1ccco1)NC1CCN(CC(=O)NC)CC1. The lowest BCUT2D eigenvalue weighted by Gasteiger charge is -2.32. The largest absolute Gasteiger partial charge is 0.469 e. The minimum absolute atomic E-state index is 0.0718. The van der Waals surface area contributed by atoms with E-state index in [1.165, 1.54) is 0 Å². The Kier molecular flexibility index (Phi) is 10.5. The second-order valence-corrected chi connectivity index (χ2v) is 6.90. The number of piperidine rings is 1. The molecule has 0 radical (unpaired) electrons. The molecule has 158 valence electrons. The normalized spacial score (nSPS) is 16.1. The summed E-state index contributed by atoms with van der Waals surface area (Å²) in [5.74, 6) is 1.88. The number of likely N-dealkylation sites (tertiary alicyclic amines) is 1. The molecule has 0 saturated carbocycles. The molecule has 0 aromatic carbocycles. The summed E-state index contributed by atoms with van der Waals surface area (Å²) in [4.78, 5) is 18.4. The molecule has 0 spiro atoms. The third kappa shape index (κ3) is 8.75. The summed E-state index contributed by atoms with van der Waals surface area (Å²) in [5.41, 5.74) is 0. The number of likely N-dealkylation sites (N-methyl/N-ethyl adjacent to an activating group) is 1. The highest BCUT2D eigenvalue weighted by Gasteiger charge is 2.21. The van der Waals surface area contributed by atoms with Gasteiger partial charge in [-0.05, 0) is 38.3 Å². The van der Waals surface area contributed by atoms with Crippen LogP contribution in [0.3, 0.4) is 0 Å². The van der Waals surface area contributed by atoms with Crippen LogP contribution < -0.4 is 16.0 Å². The van der Waals surface area contributed by atoms with Crippen molar-refractivity contribution in [2.24, 2.45) is 4.99 Å². The van der Waals surface area contributed by atoms with Crippen molar-refractivity contribution in [2.75, 3.05) is 53.0 Å². The van der Waals surface area contributed by atoms with E-state index in [-0.39, 0.29) is 5.91 Å². The van der Waals surface area contributed by atoms with E-state index in [1.54, 1.807) is 13.3 Å². The molecule has 8 heteroatoms. The molecular formula is C20H35N5O3. The van der Waals surface area contributed by atoms with Gasteiger partial charge in [-0.3, -0.25) is 14.7 Å². The second kappa shape index (κ2) is 13.2. The number of ether oxygens (including phenoxy) is 1. The summed E-state index contributed by atoms with van der Waals surface area (Å²) in [7, 11) is 1.68. The first-order valence-electron chi connectivity index (χ1n) is 10.3. The molecule has 3 N–H and O–H groups in total. The maximum atomic E-state index is 11.5. The van der Waals surface area contributed by atoms with Crippen molar-refractivity contribution in [3.63, 3.8) is 0 Å². The lowest BCUT2D eigenvalue weighted by atomic mass is 10.1. The van der Waals surface area contributed by atoms with Crippen LogP contribution in [0.2, 0.25) is 0 Å². The Morgan fingerprint density at radius 2 is 2.21 bits per heavy atom. The lowest BCUT2D eigenvalue weighted by Crippen LogP contribution is -2.50. The number of nitrogens with one attached hydrogen (secondary N) is 3. The predicted octanol–water partition coefficient (Wildman–Crippen LogP) is 0.994. The molecule has 0 bridgehead atoms. The molecule has 28 heavy (non-hydrogen) atoms. The third-order valence-corrected chi connectivity index (χ3v) is 4.74. The second-order valence-electron chi connectivity index (χ2n) is 6.90. The van der Waals surface area contributed by atoms with Crippen LogP contribution in [-0.4, -0.2) is 75.8 Å². The molecule has 2 heterocycles. The van der Waals surface area contributed by atoms with E-state index in [0.717, 1.165) is 76.8 Å². The van der Waals surface area contributed by atoms with Gasteiger partial charge < -0.3 is 25.1 Å². The Labute approximate surface area is 168 Å². The summed E-state index contributed by atoms with van der Waals surface area (Å²) in [6.07, 6.45) is 5.41. The quantitative estimate of drug-likeness (QED) is 0.295. The van der Waals surface area contributed by atoms with E-state index < -0.39 is 0 Å². The monoisotopic (exact) mass is 393 g/mol. The van der Waals surface area contributed by atoms with Crippen LogP contribution in [0.1, 0.15) is 31.9 Å². The minimum Gasteiger partial charge on any atom is -0.469 e. The molecule has 0 atom stereocenters. The maximum absolute atomic E-state index is 11.5. The van der Waals surface area contributed by atoms with Gasteiger partial charge in [0.2, 0.25) is 5.91 Å². The number of rotatable bonds is 11. The van der Waals surface area contributed by atoms with E-state index in [9.17, 15) is 4.79 Å². The Bertz CT molecular complexity index is 568. The maximum Gasteiger partial charge on any atom is 0.233 e. The fourth-order valence-corrected chi connectivity index (χ4v) is 3.12. The Balaban J connectivity index is 1.77. The number of carbonyl (C=O) groups is 1. The molecule has 1 aliphatic rings. The molecule has 1 amide bonds. The van der Waals surface area contributed by atoms with E-state index >= 15 is 0 Å². The molecule has 2 rings (SSSR count). The number of nitrogens with zero attached hydrogens (tertiary/aromatic N) is 2. The van der Waals surface area contributed by atoms with Gasteiger partial charge in [0, 0.05) is 58.9 Å². The van der Waals surface area contributed by atoms with Gasteiger partial charge in [-0.2, -0.15) is 0 Å². The van der Waals surface area contributed by atoms with E-state index in [0.29, 0.717) is 12.6 Å². The van der Waals surface area contributed by atoms with Crippen LogP contribution >= 0.6 is 0 Å². The van der Waals surface area contributed by atoms with Crippen LogP contribution in [0, 0.1) is 0 Å². The van der Waals surface area contributed by atoms with Gasteiger partial charge in [0.15, 0.2) is 5.96 Å². The van der Waals surface area contributed by atoms with Gasteiger partial charge in [-0.25, -0.2) is 0 Å². The molecule has 1 fully saturated rings. The minimum atomic E-state index is 0.0718.